The van der Waals surface area contributed by atoms with Gasteiger partial charge in [-0.15, -0.1) is 0 Å². The molecule has 316 valence electrons. The summed E-state index contributed by atoms with van der Waals surface area (Å²) in [7, 11) is 0. The molecule has 0 unspecified atom stereocenters. The van der Waals surface area contributed by atoms with Crippen LogP contribution >= 0.6 is 0 Å². The molecule has 7 heteroatoms. The van der Waals surface area contributed by atoms with Crippen LogP contribution in [0.3, 0.4) is 0 Å². The minimum absolute atomic E-state index is 0.0563. The first-order valence-electron chi connectivity index (χ1n) is 23.7. The van der Waals surface area contributed by atoms with E-state index in [-0.39, 0.29) is 16.8 Å². The minimum Gasteiger partial charge on any atom is -0.466 e. The number of carbonyl (C=O) groups is 1. The van der Waals surface area contributed by atoms with Gasteiger partial charge in [0.15, 0.2) is 0 Å². The zero-order valence-electron chi connectivity index (χ0n) is 36.4. The number of hydrogen-bond donors (Lipinski definition) is 1. The standard InChI is InChI=1S/C47H89N3O4/c1-5-9-13-17-21-28-34-42-54-43(51)35-29-23-22-27-33-40-50(39-32-26-20-16-12-8-4)45-44(46(52)47(45)53)48-36-41-49(37-30-24-18-14-10-6-2)38-31-25-19-15-11-7-3/h48H,5-42H2,1-4H3. The summed E-state index contributed by atoms with van der Waals surface area (Å²) in [4.78, 5) is 42.9. The van der Waals surface area contributed by atoms with Crippen LogP contribution in [-0.4, -0.2) is 56.7 Å². The molecule has 0 amide bonds. The Bertz CT molecular complexity index is 1040. The highest BCUT2D eigenvalue weighted by molar-refractivity contribution is 5.75. The van der Waals surface area contributed by atoms with Gasteiger partial charge >= 0.3 is 5.97 Å². The molecule has 0 atom stereocenters. The first-order valence-corrected chi connectivity index (χ1v) is 23.7. The lowest BCUT2D eigenvalue weighted by Gasteiger charge is -2.29. The van der Waals surface area contributed by atoms with Crippen molar-refractivity contribution in [3.05, 3.63) is 20.4 Å². The Morgan fingerprint density at radius 2 is 0.852 bits per heavy atom. The van der Waals surface area contributed by atoms with Gasteiger partial charge in [-0.3, -0.25) is 14.4 Å². The number of nitrogens with one attached hydrogen (secondary N) is 1. The quantitative estimate of drug-likeness (QED) is 0.0404. The second kappa shape index (κ2) is 36.7. The molecule has 7 nitrogen and oxygen atoms in total. The first kappa shape index (κ1) is 50.1. The molecule has 0 bridgehead atoms. The van der Waals surface area contributed by atoms with Crippen molar-refractivity contribution in [2.24, 2.45) is 0 Å². The van der Waals surface area contributed by atoms with E-state index < -0.39 is 0 Å². The van der Waals surface area contributed by atoms with Crippen LogP contribution in [-0.2, 0) is 9.53 Å². The van der Waals surface area contributed by atoms with E-state index in [0.717, 1.165) is 90.5 Å². The average Bonchev–Trinajstić information content (AvgIpc) is 3.18. The zero-order valence-corrected chi connectivity index (χ0v) is 36.4. The normalized spacial score (nSPS) is 11.6. The van der Waals surface area contributed by atoms with Crippen LogP contribution in [0.25, 0.3) is 0 Å². The van der Waals surface area contributed by atoms with Crippen LogP contribution in [0.5, 0.6) is 0 Å². The predicted octanol–water partition coefficient (Wildman–Crippen LogP) is 12.5. The molecule has 0 fully saturated rings. The molecule has 1 N–H and O–H groups in total. The Morgan fingerprint density at radius 1 is 0.463 bits per heavy atom. The van der Waals surface area contributed by atoms with E-state index in [2.05, 4.69) is 42.8 Å². The predicted molar refractivity (Wildman–Crippen MR) is 235 cm³/mol. The molecule has 1 aromatic rings. The molecule has 0 aliphatic carbocycles. The monoisotopic (exact) mass is 760 g/mol. The summed E-state index contributed by atoms with van der Waals surface area (Å²) in [6.07, 6.45) is 36.9. The molecule has 1 aromatic carbocycles. The van der Waals surface area contributed by atoms with Crippen molar-refractivity contribution in [3.63, 3.8) is 0 Å². The van der Waals surface area contributed by atoms with Crippen molar-refractivity contribution >= 4 is 17.3 Å². The maximum Gasteiger partial charge on any atom is 0.305 e. The van der Waals surface area contributed by atoms with Gasteiger partial charge in [0.05, 0.1) is 6.61 Å². The zero-order chi connectivity index (χ0) is 39.3. The molecule has 0 aromatic heterocycles. The molecule has 0 heterocycles. The third kappa shape index (κ3) is 26.1. The lowest BCUT2D eigenvalue weighted by Crippen LogP contribution is -2.44. The number of esters is 1. The fraction of sp³-hybridized carbons (Fsp3) is 0.894. The van der Waals surface area contributed by atoms with Crippen molar-refractivity contribution < 1.29 is 9.53 Å². The molecule has 54 heavy (non-hydrogen) atoms. The molecular formula is C47H89N3O4. The highest BCUT2D eigenvalue weighted by Crippen LogP contribution is 2.22. The molecule has 0 saturated heterocycles. The average molecular weight is 760 g/mol. The van der Waals surface area contributed by atoms with Crippen LogP contribution in [0.15, 0.2) is 9.59 Å². The molecular weight excluding hydrogens is 671 g/mol. The smallest absolute Gasteiger partial charge is 0.305 e. The van der Waals surface area contributed by atoms with Gasteiger partial charge in [-0.2, -0.15) is 0 Å². The number of hydrogen-bond acceptors (Lipinski definition) is 7. The fourth-order valence-electron chi connectivity index (χ4n) is 7.59. The molecule has 1 rings (SSSR count). The number of anilines is 2. The summed E-state index contributed by atoms with van der Waals surface area (Å²) < 4.78 is 5.46. The highest BCUT2D eigenvalue weighted by atomic mass is 16.5. The SMILES string of the molecule is CCCCCCCCCOC(=O)CCCCCCCN(CCCCCCCC)c1c(NCCN(CCCCCCCC)CCCCCCCC)c(=O)c1=O. The molecule has 0 aliphatic heterocycles. The summed E-state index contributed by atoms with van der Waals surface area (Å²) >= 11 is 0. The Balaban J connectivity index is 2.59. The summed E-state index contributed by atoms with van der Waals surface area (Å²) in [5.74, 6) is -0.0563. The van der Waals surface area contributed by atoms with Gasteiger partial charge in [0.25, 0.3) is 10.9 Å². The summed E-state index contributed by atoms with van der Waals surface area (Å²) in [5.41, 5.74) is 0.542. The van der Waals surface area contributed by atoms with Crippen molar-refractivity contribution in [1.29, 1.82) is 0 Å². The second-order valence-corrected chi connectivity index (χ2v) is 16.3. The number of unbranched alkanes of at least 4 members (excludes halogenated alkanes) is 25. The van der Waals surface area contributed by atoms with E-state index >= 15 is 0 Å². The van der Waals surface area contributed by atoms with E-state index in [4.69, 9.17) is 4.74 Å². The van der Waals surface area contributed by atoms with Crippen LogP contribution in [0, 0.1) is 0 Å². The summed E-state index contributed by atoms with van der Waals surface area (Å²) in [6, 6.07) is 0. The van der Waals surface area contributed by atoms with Gasteiger partial charge < -0.3 is 19.9 Å². The van der Waals surface area contributed by atoms with Crippen LogP contribution in [0.2, 0.25) is 0 Å². The van der Waals surface area contributed by atoms with Gasteiger partial charge in [0.1, 0.15) is 11.4 Å². The summed E-state index contributed by atoms with van der Waals surface area (Å²) in [5, 5.41) is 3.46. The third-order valence-corrected chi connectivity index (χ3v) is 11.2. The van der Waals surface area contributed by atoms with E-state index in [0.29, 0.717) is 30.9 Å². The van der Waals surface area contributed by atoms with Crippen LogP contribution < -0.4 is 21.1 Å². The fourth-order valence-corrected chi connectivity index (χ4v) is 7.59. The number of nitrogens with zero attached hydrogens (tertiary/aromatic N) is 2. The van der Waals surface area contributed by atoms with E-state index in [1.165, 1.54) is 135 Å². The Morgan fingerprint density at radius 3 is 1.31 bits per heavy atom. The Labute approximate surface area is 334 Å². The van der Waals surface area contributed by atoms with Gasteiger partial charge in [-0.05, 0) is 51.6 Å². The number of rotatable bonds is 42. The minimum atomic E-state index is -0.338. The van der Waals surface area contributed by atoms with Crippen molar-refractivity contribution in [1.82, 2.24) is 4.90 Å². The van der Waals surface area contributed by atoms with Crippen LogP contribution in [0.1, 0.15) is 227 Å². The molecule has 0 spiro atoms. The third-order valence-electron chi connectivity index (χ3n) is 11.2. The topological polar surface area (TPSA) is 79.0 Å². The number of ether oxygens (including phenoxy) is 1. The Hall–Kier alpha value is -1.89. The van der Waals surface area contributed by atoms with Crippen LogP contribution in [0.4, 0.5) is 11.4 Å². The molecule has 0 saturated carbocycles. The highest BCUT2D eigenvalue weighted by Gasteiger charge is 2.25. The van der Waals surface area contributed by atoms with Gasteiger partial charge in [-0.25, -0.2) is 0 Å². The van der Waals surface area contributed by atoms with Crippen molar-refractivity contribution in [2.75, 3.05) is 56.1 Å². The first-order chi connectivity index (χ1) is 26.5. The molecule has 0 radical (unpaired) electrons. The maximum atomic E-state index is 13.0. The largest absolute Gasteiger partial charge is 0.466 e. The van der Waals surface area contributed by atoms with E-state index in [9.17, 15) is 14.4 Å². The van der Waals surface area contributed by atoms with Crippen molar-refractivity contribution in [3.8, 4) is 0 Å². The maximum absolute atomic E-state index is 13.0. The lowest BCUT2D eigenvalue weighted by atomic mass is 10.1. The number of carbonyl (C=O) groups excluding carboxylic acids is 1. The van der Waals surface area contributed by atoms with Gasteiger partial charge in [0, 0.05) is 32.6 Å². The lowest BCUT2D eigenvalue weighted by molar-refractivity contribution is -0.143. The Kier molecular flexibility index (Phi) is 34.1. The summed E-state index contributed by atoms with van der Waals surface area (Å²) in [6.45, 7) is 15.1. The van der Waals surface area contributed by atoms with E-state index in [1.54, 1.807) is 0 Å². The second-order valence-electron chi connectivity index (χ2n) is 16.3. The van der Waals surface area contributed by atoms with E-state index in [1.807, 2.05) is 0 Å². The van der Waals surface area contributed by atoms with Gasteiger partial charge in [0.2, 0.25) is 0 Å². The van der Waals surface area contributed by atoms with Crippen molar-refractivity contribution in [2.45, 2.75) is 227 Å². The van der Waals surface area contributed by atoms with Gasteiger partial charge in [-0.1, -0.05) is 182 Å². The molecule has 0 aliphatic rings.